The summed E-state index contributed by atoms with van der Waals surface area (Å²) < 4.78 is 2.00. The first-order valence-electron chi connectivity index (χ1n) is 8.16. The van der Waals surface area contributed by atoms with Crippen LogP contribution in [-0.4, -0.2) is 20.8 Å². The third-order valence-corrected chi connectivity index (χ3v) is 4.44. The molecule has 1 aliphatic carbocycles. The van der Waals surface area contributed by atoms with Gasteiger partial charge in [-0.3, -0.25) is 16.0 Å². The van der Waals surface area contributed by atoms with Gasteiger partial charge in [-0.25, -0.2) is 4.98 Å². The summed E-state index contributed by atoms with van der Waals surface area (Å²) in [6, 6.07) is 0.316. The van der Waals surface area contributed by atoms with E-state index in [4.69, 9.17) is 5.84 Å². The van der Waals surface area contributed by atoms with Gasteiger partial charge in [-0.05, 0) is 25.2 Å². The second kappa shape index (κ2) is 8.37. The second-order valence-electron chi connectivity index (χ2n) is 6.05. The van der Waals surface area contributed by atoms with Gasteiger partial charge in [0.2, 0.25) is 0 Å². The van der Waals surface area contributed by atoms with Gasteiger partial charge in [0, 0.05) is 19.0 Å². The Labute approximate surface area is 122 Å². The molecule has 2 rings (SSSR count). The van der Waals surface area contributed by atoms with E-state index >= 15 is 0 Å². The predicted octanol–water partition coefficient (Wildman–Crippen LogP) is 2.42. The van der Waals surface area contributed by atoms with Crippen molar-refractivity contribution >= 4 is 0 Å². The van der Waals surface area contributed by atoms with E-state index in [0.29, 0.717) is 6.04 Å². The molecule has 114 valence electrons. The molecule has 0 aromatic carbocycles. The van der Waals surface area contributed by atoms with Crippen molar-refractivity contribution in [2.75, 3.05) is 0 Å². The van der Waals surface area contributed by atoms with Crippen LogP contribution in [0.15, 0.2) is 6.33 Å². The normalized spacial score (nSPS) is 18.3. The molecule has 5 heteroatoms. The first-order chi connectivity index (χ1) is 9.83. The van der Waals surface area contributed by atoms with Crippen molar-refractivity contribution in [2.24, 2.45) is 11.8 Å². The fourth-order valence-corrected chi connectivity index (χ4v) is 3.22. The highest BCUT2D eigenvalue weighted by atomic mass is 15.3. The lowest BCUT2D eigenvalue weighted by Crippen LogP contribution is -2.38. The Morgan fingerprint density at radius 1 is 1.40 bits per heavy atom. The highest BCUT2D eigenvalue weighted by Crippen LogP contribution is 2.27. The number of hydrogen-bond donors (Lipinski definition) is 2. The number of rotatable bonds is 8. The monoisotopic (exact) mass is 279 g/mol. The van der Waals surface area contributed by atoms with Gasteiger partial charge in [0.15, 0.2) is 0 Å². The number of aryl methyl sites for hydroxylation is 1. The van der Waals surface area contributed by atoms with Crippen molar-refractivity contribution in [1.29, 1.82) is 0 Å². The zero-order chi connectivity index (χ0) is 14.2. The summed E-state index contributed by atoms with van der Waals surface area (Å²) in [4.78, 5) is 4.37. The van der Waals surface area contributed by atoms with Crippen molar-refractivity contribution in [3.63, 3.8) is 0 Å². The molecule has 0 bridgehead atoms. The molecule has 0 amide bonds. The SMILES string of the molecule is CCCn1ncnc1CC(CCC1CCCCC1)NN. The first-order valence-corrected chi connectivity index (χ1v) is 8.16. The van der Waals surface area contributed by atoms with Gasteiger partial charge in [-0.2, -0.15) is 5.10 Å². The van der Waals surface area contributed by atoms with Crippen LogP contribution in [0.1, 0.15) is 64.1 Å². The average Bonchev–Trinajstić information content (AvgIpc) is 2.92. The molecule has 1 unspecified atom stereocenters. The Balaban J connectivity index is 1.80. The lowest BCUT2D eigenvalue weighted by Gasteiger charge is -2.24. The van der Waals surface area contributed by atoms with Crippen LogP contribution in [0.2, 0.25) is 0 Å². The minimum Gasteiger partial charge on any atom is -0.271 e. The summed E-state index contributed by atoms with van der Waals surface area (Å²) in [5.41, 5.74) is 2.97. The van der Waals surface area contributed by atoms with Crippen LogP contribution in [-0.2, 0) is 13.0 Å². The van der Waals surface area contributed by atoms with Gasteiger partial charge >= 0.3 is 0 Å². The van der Waals surface area contributed by atoms with E-state index in [9.17, 15) is 0 Å². The molecular formula is C15H29N5. The van der Waals surface area contributed by atoms with Crippen molar-refractivity contribution in [3.05, 3.63) is 12.2 Å². The van der Waals surface area contributed by atoms with Crippen LogP contribution in [0.25, 0.3) is 0 Å². The van der Waals surface area contributed by atoms with Gasteiger partial charge in [-0.1, -0.05) is 39.0 Å². The quantitative estimate of drug-likeness (QED) is 0.566. The molecular weight excluding hydrogens is 250 g/mol. The summed E-state index contributed by atoms with van der Waals surface area (Å²) in [7, 11) is 0. The molecule has 0 spiro atoms. The maximum Gasteiger partial charge on any atom is 0.138 e. The molecule has 0 radical (unpaired) electrons. The van der Waals surface area contributed by atoms with E-state index in [2.05, 4.69) is 22.4 Å². The molecule has 1 aliphatic rings. The molecule has 1 heterocycles. The zero-order valence-electron chi connectivity index (χ0n) is 12.7. The Morgan fingerprint density at radius 2 is 2.20 bits per heavy atom. The Hall–Kier alpha value is -0.940. The van der Waals surface area contributed by atoms with Gasteiger partial charge in [0.1, 0.15) is 12.2 Å². The number of aromatic nitrogens is 3. The van der Waals surface area contributed by atoms with Gasteiger partial charge < -0.3 is 0 Å². The van der Waals surface area contributed by atoms with E-state index in [1.807, 2.05) is 4.68 Å². The molecule has 0 saturated heterocycles. The number of hydrogen-bond acceptors (Lipinski definition) is 4. The Bertz CT molecular complexity index is 370. The van der Waals surface area contributed by atoms with E-state index in [0.717, 1.165) is 37.5 Å². The number of nitrogens with zero attached hydrogens (tertiary/aromatic N) is 3. The van der Waals surface area contributed by atoms with E-state index < -0.39 is 0 Å². The molecule has 20 heavy (non-hydrogen) atoms. The van der Waals surface area contributed by atoms with Gasteiger partial charge in [-0.15, -0.1) is 0 Å². The van der Waals surface area contributed by atoms with Crippen LogP contribution in [0.4, 0.5) is 0 Å². The van der Waals surface area contributed by atoms with Crippen molar-refractivity contribution in [2.45, 2.75) is 77.3 Å². The van der Waals surface area contributed by atoms with Crippen molar-refractivity contribution in [1.82, 2.24) is 20.2 Å². The van der Waals surface area contributed by atoms with Crippen LogP contribution in [0.5, 0.6) is 0 Å². The zero-order valence-corrected chi connectivity index (χ0v) is 12.7. The Kier molecular flexibility index (Phi) is 6.47. The van der Waals surface area contributed by atoms with Gasteiger partial charge in [0.05, 0.1) is 0 Å². The first kappa shape index (κ1) is 15.4. The number of nitrogens with two attached hydrogens (primary N) is 1. The molecule has 1 aromatic heterocycles. The molecule has 1 atom stereocenters. The topological polar surface area (TPSA) is 68.8 Å². The minimum atomic E-state index is 0.316. The average molecular weight is 279 g/mol. The fraction of sp³-hybridized carbons (Fsp3) is 0.867. The highest BCUT2D eigenvalue weighted by molar-refractivity contribution is 4.89. The fourth-order valence-electron chi connectivity index (χ4n) is 3.22. The lowest BCUT2D eigenvalue weighted by atomic mass is 9.85. The summed E-state index contributed by atoms with van der Waals surface area (Å²) in [6.45, 7) is 3.10. The second-order valence-corrected chi connectivity index (χ2v) is 6.05. The Morgan fingerprint density at radius 3 is 2.90 bits per heavy atom. The molecule has 1 aromatic rings. The summed E-state index contributed by atoms with van der Waals surface area (Å²) in [5.74, 6) is 7.69. The van der Waals surface area contributed by atoms with Crippen LogP contribution in [0, 0.1) is 5.92 Å². The summed E-state index contributed by atoms with van der Waals surface area (Å²) >= 11 is 0. The van der Waals surface area contributed by atoms with E-state index in [1.165, 1.54) is 38.5 Å². The van der Waals surface area contributed by atoms with Gasteiger partial charge in [0.25, 0.3) is 0 Å². The molecule has 5 nitrogen and oxygen atoms in total. The third-order valence-electron chi connectivity index (χ3n) is 4.44. The van der Waals surface area contributed by atoms with Crippen molar-refractivity contribution in [3.8, 4) is 0 Å². The van der Waals surface area contributed by atoms with E-state index in [-0.39, 0.29) is 0 Å². The third kappa shape index (κ3) is 4.56. The molecule has 1 saturated carbocycles. The molecule has 3 N–H and O–H groups in total. The molecule has 1 fully saturated rings. The number of hydrazine groups is 1. The minimum absolute atomic E-state index is 0.316. The van der Waals surface area contributed by atoms with Crippen LogP contribution >= 0.6 is 0 Å². The maximum absolute atomic E-state index is 5.72. The summed E-state index contributed by atoms with van der Waals surface area (Å²) in [5, 5.41) is 4.28. The van der Waals surface area contributed by atoms with Crippen LogP contribution < -0.4 is 11.3 Å². The summed E-state index contributed by atoms with van der Waals surface area (Å²) in [6.07, 6.45) is 13.1. The van der Waals surface area contributed by atoms with Crippen LogP contribution in [0.3, 0.4) is 0 Å². The van der Waals surface area contributed by atoms with E-state index in [1.54, 1.807) is 6.33 Å². The maximum atomic E-state index is 5.72. The predicted molar refractivity (Wildman–Crippen MR) is 80.9 cm³/mol. The lowest BCUT2D eigenvalue weighted by molar-refractivity contribution is 0.311. The van der Waals surface area contributed by atoms with Crippen molar-refractivity contribution < 1.29 is 0 Å². The number of nitrogens with one attached hydrogen (secondary N) is 1. The smallest absolute Gasteiger partial charge is 0.138 e. The highest BCUT2D eigenvalue weighted by Gasteiger charge is 2.17. The standard InChI is InChI=1S/C15H29N5/c1-2-10-20-15(17-12-18-20)11-14(19-16)9-8-13-6-4-3-5-7-13/h12-14,19H,2-11,16H2,1H3. The largest absolute Gasteiger partial charge is 0.271 e. The molecule has 0 aliphatic heterocycles.